The molecule has 6 rings (SSSR count). The number of nitrogens with zero attached hydrogens (tertiary/aromatic N) is 6. The standard InChI is InChI=1S/C28H30F2N6O3/c1-15-17(3)36-27(33-35(28(36)37)12-18-6-8-39-14-18)32-26(15)34-7-5-23-20(13-34)9-19(11-31-23)21-10-22(29)25(38-4)24(30)16(21)2/h9-11,18H,5-8,12-14H2,1-4H3. The van der Waals surface area contributed by atoms with E-state index in [9.17, 15) is 13.6 Å². The molecule has 0 spiro atoms. The predicted octanol–water partition coefficient (Wildman–Crippen LogP) is 3.76. The fraction of sp³-hybridized carbons (Fsp3) is 0.429. The zero-order chi connectivity index (χ0) is 27.4. The van der Waals surface area contributed by atoms with Gasteiger partial charge in [0.1, 0.15) is 5.82 Å². The van der Waals surface area contributed by atoms with Crippen LogP contribution in [0.1, 0.15) is 34.5 Å². The number of methoxy groups -OCH3 is 1. The van der Waals surface area contributed by atoms with Gasteiger partial charge in [0.15, 0.2) is 17.4 Å². The summed E-state index contributed by atoms with van der Waals surface area (Å²) in [6.45, 7) is 8.53. The number of fused-ring (bicyclic) bond motifs is 2. The molecule has 39 heavy (non-hydrogen) atoms. The minimum atomic E-state index is -0.756. The van der Waals surface area contributed by atoms with Crippen LogP contribution in [0.4, 0.5) is 14.6 Å². The van der Waals surface area contributed by atoms with E-state index in [2.05, 4.69) is 15.0 Å². The molecule has 1 aromatic carbocycles. The van der Waals surface area contributed by atoms with Gasteiger partial charge in [0.2, 0.25) is 0 Å². The number of hydrogen-bond donors (Lipinski definition) is 0. The minimum Gasteiger partial charge on any atom is -0.491 e. The highest BCUT2D eigenvalue weighted by Gasteiger charge is 2.26. The summed E-state index contributed by atoms with van der Waals surface area (Å²) in [5.74, 6) is -0.465. The zero-order valence-corrected chi connectivity index (χ0v) is 22.4. The number of hydrogen-bond acceptors (Lipinski definition) is 7. The lowest BCUT2D eigenvalue weighted by atomic mass is 9.96. The van der Waals surface area contributed by atoms with Gasteiger partial charge in [-0.15, -0.1) is 5.10 Å². The van der Waals surface area contributed by atoms with Crippen molar-refractivity contribution >= 4 is 11.6 Å². The Morgan fingerprint density at radius 3 is 2.74 bits per heavy atom. The maximum atomic E-state index is 14.7. The van der Waals surface area contributed by atoms with Crippen molar-refractivity contribution in [3.05, 3.63) is 68.5 Å². The van der Waals surface area contributed by atoms with Crippen LogP contribution in [0.5, 0.6) is 5.75 Å². The van der Waals surface area contributed by atoms with E-state index in [0.29, 0.717) is 61.7 Å². The topological polar surface area (TPSA) is 86.8 Å². The third kappa shape index (κ3) is 4.25. The molecule has 0 N–H and O–H groups in total. The van der Waals surface area contributed by atoms with Gasteiger partial charge in [-0.25, -0.2) is 22.7 Å². The van der Waals surface area contributed by atoms with E-state index >= 15 is 0 Å². The molecule has 3 aromatic heterocycles. The fourth-order valence-electron chi connectivity index (χ4n) is 5.60. The minimum absolute atomic E-state index is 0.191. The molecule has 9 nitrogen and oxygen atoms in total. The van der Waals surface area contributed by atoms with E-state index in [1.54, 1.807) is 17.5 Å². The van der Waals surface area contributed by atoms with Crippen LogP contribution in [-0.2, 0) is 24.2 Å². The van der Waals surface area contributed by atoms with Crippen molar-refractivity contribution in [1.29, 1.82) is 0 Å². The van der Waals surface area contributed by atoms with Crippen LogP contribution in [0.3, 0.4) is 0 Å². The number of halogens is 2. The molecule has 2 aliphatic rings. The van der Waals surface area contributed by atoms with E-state index in [-0.39, 0.29) is 11.6 Å². The average Bonchev–Trinajstić information content (AvgIpc) is 3.56. The third-order valence-corrected chi connectivity index (χ3v) is 7.97. The predicted molar refractivity (Wildman–Crippen MR) is 141 cm³/mol. The first-order chi connectivity index (χ1) is 18.8. The maximum absolute atomic E-state index is 14.7. The number of benzene rings is 1. The Bertz CT molecular complexity index is 1660. The summed E-state index contributed by atoms with van der Waals surface area (Å²) in [4.78, 5) is 24.7. The van der Waals surface area contributed by atoms with Gasteiger partial charge in [-0.05, 0) is 56.0 Å². The molecule has 0 bridgehead atoms. The highest BCUT2D eigenvalue weighted by atomic mass is 19.1. The Morgan fingerprint density at radius 2 is 2.00 bits per heavy atom. The Morgan fingerprint density at radius 1 is 1.18 bits per heavy atom. The van der Waals surface area contributed by atoms with Crippen molar-refractivity contribution in [2.45, 2.75) is 46.7 Å². The monoisotopic (exact) mass is 536 g/mol. The molecule has 2 aliphatic heterocycles. The Kier molecular flexibility index (Phi) is 6.33. The van der Waals surface area contributed by atoms with Crippen molar-refractivity contribution in [2.24, 2.45) is 5.92 Å². The summed E-state index contributed by atoms with van der Waals surface area (Å²) in [5, 5.41) is 4.55. The first-order valence-corrected chi connectivity index (χ1v) is 13.1. The van der Waals surface area contributed by atoms with Crippen LogP contribution in [0.2, 0.25) is 0 Å². The lowest BCUT2D eigenvalue weighted by Crippen LogP contribution is -2.33. The van der Waals surface area contributed by atoms with Crippen LogP contribution in [-0.4, -0.2) is 51.0 Å². The van der Waals surface area contributed by atoms with E-state index < -0.39 is 17.4 Å². The van der Waals surface area contributed by atoms with E-state index in [1.165, 1.54) is 17.9 Å². The van der Waals surface area contributed by atoms with Gasteiger partial charge in [-0.3, -0.25) is 4.98 Å². The molecule has 0 radical (unpaired) electrons. The second-order valence-electron chi connectivity index (χ2n) is 10.4. The van der Waals surface area contributed by atoms with Gasteiger partial charge in [0.05, 0.1) is 20.3 Å². The molecule has 1 atom stereocenters. The molecule has 0 aliphatic carbocycles. The summed E-state index contributed by atoms with van der Waals surface area (Å²) in [5.41, 5.74) is 4.76. The van der Waals surface area contributed by atoms with E-state index in [1.807, 2.05) is 19.9 Å². The number of anilines is 1. The van der Waals surface area contributed by atoms with Gasteiger partial charge in [-0.1, -0.05) is 0 Å². The summed E-state index contributed by atoms with van der Waals surface area (Å²) >= 11 is 0. The van der Waals surface area contributed by atoms with Gasteiger partial charge < -0.3 is 14.4 Å². The summed E-state index contributed by atoms with van der Waals surface area (Å²) in [7, 11) is 1.25. The van der Waals surface area contributed by atoms with Crippen molar-refractivity contribution < 1.29 is 18.3 Å². The van der Waals surface area contributed by atoms with Crippen LogP contribution < -0.4 is 15.3 Å². The fourth-order valence-corrected chi connectivity index (χ4v) is 5.60. The number of aromatic nitrogens is 5. The van der Waals surface area contributed by atoms with Crippen molar-refractivity contribution in [1.82, 2.24) is 24.1 Å². The second kappa shape index (κ2) is 9.71. The van der Waals surface area contributed by atoms with Crippen molar-refractivity contribution in [2.75, 3.05) is 31.8 Å². The van der Waals surface area contributed by atoms with Gasteiger partial charge in [0, 0.05) is 60.7 Å². The molecule has 0 saturated carbocycles. The SMILES string of the molecule is COc1c(F)cc(-c2cnc3c(c2)CN(c2nc4nn(CC5CCOC5)c(=O)n4c(C)c2C)CC3)c(C)c1F. The normalized spacial score (nSPS) is 17.2. The Balaban J connectivity index is 1.35. The van der Waals surface area contributed by atoms with Gasteiger partial charge >= 0.3 is 5.69 Å². The highest BCUT2D eigenvalue weighted by molar-refractivity contribution is 5.69. The molecule has 5 heterocycles. The summed E-state index contributed by atoms with van der Waals surface area (Å²) < 4.78 is 42.7. The Labute approximate surface area is 224 Å². The summed E-state index contributed by atoms with van der Waals surface area (Å²) in [6, 6.07) is 3.22. The smallest absolute Gasteiger partial charge is 0.351 e. The van der Waals surface area contributed by atoms with E-state index in [4.69, 9.17) is 14.5 Å². The highest BCUT2D eigenvalue weighted by Crippen LogP contribution is 2.35. The van der Waals surface area contributed by atoms with Crippen LogP contribution in [0.15, 0.2) is 23.1 Å². The zero-order valence-electron chi connectivity index (χ0n) is 22.4. The van der Waals surface area contributed by atoms with Crippen LogP contribution in [0.25, 0.3) is 16.9 Å². The van der Waals surface area contributed by atoms with Crippen molar-refractivity contribution in [3.63, 3.8) is 0 Å². The number of pyridine rings is 1. The lowest BCUT2D eigenvalue weighted by molar-refractivity contribution is 0.181. The first kappa shape index (κ1) is 25.4. The van der Waals surface area contributed by atoms with Gasteiger partial charge in [-0.2, -0.15) is 4.98 Å². The summed E-state index contributed by atoms with van der Waals surface area (Å²) in [6.07, 6.45) is 3.26. The molecular weight excluding hydrogens is 506 g/mol. The molecular formula is C28H30F2N6O3. The average molecular weight is 537 g/mol. The number of ether oxygens (including phenoxy) is 2. The molecule has 1 saturated heterocycles. The molecule has 1 unspecified atom stereocenters. The first-order valence-electron chi connectivity index (χ1n) is 13.1. The van der Waals surface area contributed by atoms with Crippen LogP contribution >= 0.6 is 0 Å². The molecule has 11 heteroatoms. The Hall–Kier alpha value is -3.86. The largest absolute Gasteiger partial charge is 0.491 e. The molecule has 1 fully saturated rings. The van der Waals surface area contributed by atoms with Crippen LogP contribution in [0, 0.1) is 38.3 Å². The van der Waals surface area contributed by atoms with Gasteiger partial charge in [0.25, 0.3) is 5.78 Å². The molecule has 0 amide bonds. The maximum Gasteiger partial charge on any atom is 0.351 e. The molecule has 204 valence electrons. The number of aryl methyl sites for hydroxylation is 1. The lowest BCUT2D eigenvalue weighted by Gasteiger charge is -2.31. The quantitative estimate of drug-likeness (QED) is 0.384. The van der Waals surface area contributed by atoms with E-state index in [0.717, 1.165) is 34.8 Å². The number of rotatable bonds is 5. The molecule has 4 aromatic rings. The second-order valence-corrected chi connectivity index (χ2v) is 10.4. The third-order valence-electron chi connectivity index (χ3n) is 7.97. The van der Waals surface area contributed by atoms with Crippen molar-refractivity contribution in [3.8, 4) is 16.9 Å².